The molecule has 1 aromatic carbocycles. The molecule has 1 amide bonds. The fourth-order valence-corrected chi connectivity index (χ4v) is 8.09. The number of anilines is 2. The van der Waals surface area contributed by atoms with E-state index in [4.69, 9.17) is 15.5 Å². The summed E-state index contributed by atoms with van der Waals surface area (Å²) in [4.78, 5) is 23.1. The van der Waals surface area contributed by atoms with E-state index in [0.717, 1.165) is 66.8 Å². The number of ether oxygens (including phenoxy) is 1. The second-order valence-corrected chi connectivity index (χ2v) is 14.6. The molecule has 11 heteroatoms. The first kappa shape index (κ1) is 25.4. The van der Waals surface area contributed by atoms with Gasteiger partial charge in [0, 0.05) is 54.8 Å². The van der Waals surface area contributed by atoms with Crippen LogP contribution in [0, 0.1) is 5.92 Å². The van der Waals surface area contributed by atoms with Crippen LogP contribution in [0.1, 0.15) is 59.8 Å². The molecule has 4 aliphatic heterocycles. The Morgan fingerprint density at radius 2 is 2.00 bits per heavy atom. The molecule has 10 nitrogen and oxygen atoms in total. The Hall–Kier alpha value is -3.31. The van der Waals surface area contributed by atoms with Crippen molar-refractivity contribution in [3.63, 3.8) is 0 Å². The molecule has 1 saturated carbocycles. The van der Waals surface area contributed by atoms with Crippen LogP contribution in [-0.4, -0.2) is 73.4 Å². The van der Waals surface area contributed by atoms with Crippen LogP contribution >= 0.6 is 0 Å². The van der Waals surface area contributed by atoms with Gasteiger partial charge in [-0.1, -0.05) is 0 Å². The minimum atomic E-state index is -3.43. The second kappa shape index (κ2) is 8.84. The number of carbonyl (C=O) groups excluding carboxylic acids is 1. The number of hydrogen-bond donors (Lipinski definition) is 1. The van der Waals surface area contributed by atoms with Crippen molar-refractivity contribution in [1.29, 1.82) is 0 Å². The smallest absolute Gasteiger partial charge is 0.254 e. The summed E-state index contributed by atoms with van der Waals surface area (Å²) in [5, 5.41) is 1.01. The molecule has 6 heterocycles. The largest absolute Gasteiger partial charge is 0.490 e. The number of carbonyl (C=O) groups is 1. The maximum Gasteiger partial charge on any atom is 0.254 e. The maximum absolute atomic E-state index is 13.8. The minimum absolute atomic E-state index is 0.0707. The lowest BCUT2D eigenvalue weighted by molar-refractivity contribution is 0.0725. The number of nitrogens with two attached hydrogens (primary N) is 1. The lowest BCUT2D eigenvalue weighted by atomic mass is 9.96. The molecular weight excluding hydrogens is 540 g/mol. The Morgan fingerprint density at radius 3 is 2.71 bits per heavy atom. The van der Waals surface area contributed by atoms with E-state index in [-0.39, 0.29) is 30.1 Å². The summed E-state index contributed by atoms with van der Waals surface area (Å²) >= 11 is 0. The highest BCUT2D eigenvalue weighted by Crippen LogP contribution is 2.50. The summed E-state index contributed by atoms with van der Waals surface area (Å²) in [6.07, 6.45) is 7.28. The summed E-state index contributed by atoms with van der Waals surface area (Å²) in [7, 11) is -1.88. The van der Waals surface area contributed by atoms with E-state index in [1.165, 1.54) is 29.1 Å². The summed E-state index contributed by atoms with van der Waals surface area (Å²) in [6, 6.07) is 10.5. The monoisotopic (exact) mass is 576 g/mol. The van der Waals surface area contributed by atoms with E-state index in [1.807, 2.05) is 17.0 Å². The number of benzene rings is 1. The zero-order chi connectivity index (χ0) is 28.2. The molecule has 4 atom stereocenters. The maximum atomic E-state index is 13.8. The molecule has 2 aromatic heterocycles. The number of hydrogen-bond acceptors (Lipinski definition) is 7. The van der Waals surface area contributed by atoms with Gasteiger partial charge in [-0.3, -0.25) is 9.10 Å². The first-order valence-electron chi connectivity index (χ1n) is 14.8. The standard InChI is InChI=1S/C30H36N6O4S/c1-33(41(2,38)39)27-8-5-18-12-25(35(29(18)32-27)16-17-3-4-17)24-13-19-11-20(14-26-28(19)34(24)9-10-40-26)30(37)36-21-6-7-23(36)22(31)15-21/h5,8,11-12,14,17,21-24H,3-4,6-7,9-10,13,15-16,31H2,1-2H3/t21-,22+,23+,24?/m0/s1. The van der Waals surface area contributed by atoms with Gasteiger partial charge < -0.3 is 24.8 Å². The van der Waals surface area contributed by atoms with Crippen LogP contribution in [-0.2, 0) is 23.0 Å². The fraction of sp³-hybridized carbons (Fsp3) is 0.533. The van der Waals surface area contributed by atoms with Crippen molar-refractivity contribution in [2.24, 2.45) is 11.7 Å². The van der Waals surface area contributed by atoms with E-state index in [0.29, 0.717) is 23.9 Å². The van der Waals surface area contributed by atoms with Gasteiger partial charge in [-0.15, -0.1) is 0 Å². The number of amides is 1. The molecular formula is C30H36N6O4S. The Kier molecular flexibility index (Phi) is 5.48. The Balaban J connectivity index is 1.18. The normalized spacial score (nSPS) is 26.5. The number of sulfonamides is 1. The zero-order valence-corrected chi connectivity index (χ0v) is 24.3. The highest BCUT2D eigenvalue weighted by Gasteiger charge is 2.48. The molecule has 1 unspecified atom stereocenters. The molecule has 1 aliphatic carbocycles. The van der Waals surface area contributed by atoms with Crippen molar-refractivity contribution in [2.75, 3.05) is 35.7 Å². The van der Waals surface area contributed by atoms with E-state index in [2.05, 4.69) is 21.6 Å². The van der Waals surface area contributed by atoms with Crippen LogP contribution in [0.4, 0.5) is 11.5 Å². The SMILES string of the molecule is CN(c1ccc2cc(C3Cc4cc(C(=O)N5[C@H]6CC[C@@H]5[C@H](N)C6)cc5c4N3CCO5)n(CC3CC3)c2n1)S(C)(=O)=O. The predicted octanol–water partition coefficient (Wildman–Crippen LogP) is 3.04. The van der Waals surface area contributed by atoms with Crippen LogP contribution in [0.3, 0.4) is 0 Å². The van der Waals surface area contributed by atoms with Crippen molar-refractivity contribution < 1.29 is 17.9 Å². The van der Waals surface area contributed by atoms with Gasteiger partial charge in [0.05, 0.1) is 24.5 Å². The number of aromatic nitrogens is 2. The third-order valence-electron chi connectivity index (χ3n) is 9.95. The highest BCUT2D eigenvalue weighted by molar-refractivity contribution is 7.92. The molecule has 0 spiro atoms. The molecule has 2 bridgehead atoms. The Morgan fingerprint density at radius 1 is 1.17 bits per heavy atom. The predicted molar refractivity (Wildman–Crippen MR) is 157 cm³/mol. The topological polar surface area (TPSA) is 114 Å². The molecule has 2 N–H and O–H groups in total. The average Bonchev–Trinajstić information content (AvgIpc) is 3.25. The van der Waals surface area contributed by atoms with Gasteiger partial charge in [0.25, 0.3) is 5.91 Å². The van der Waals surface area contributed by atoms with Crippen LogP contribution in [0.25, 0.3) is 11.0 Å². The van der Waals surface area contributed by atoms with Gasteiger partial charge in [0.1, 0.15) is 23.8 Å². The quantitative estimate of drug-likeness (QED) is 0.480. The molecule has 2 saturated heterocycles. The lowest BCUT2D eigenvalue weighted by Crippen LogP contribution is -2.40. The van der Waals surface area contributed by atoms with Crippen molar-refractivity contribution in [3.05, 3.63) is 47.2 Å². The van der Waals surface area contributed by atoms with Gasteiger partial charge >= 0.3 is 0 Å². The Labute approximate surface area is 240 Å². The molecule has 3 fully saturated rings. The summed E-state index contributed by atoms with van der Waals surface area (Å²) in [5.41, 5.74) is 11.3. The molecule has 8 rings (SSSR count). The molecule has 5 aliphatic rings. The molecule has 0 radical (unpaired) electrons. The van der Waals surface area contributed by atoms with E-state index in [1.54, 1.807) is 13.1 Å². The number of nitrogens with zero attached hydrogens (tertiary/aromatic N) is 5. The second-order valence-electron chi connectivity index (χ2n) is 12.6. The van der Waals surface area contributed by atoms with Crippen molar-refractivity contribution in [3.8, 4) is 5.75 Å². The van der Waals surface area contributed by atoms with E-state index >= 15 is 0 Å². The molecule has 3 aromatic rings. The van der Waals surface area contributed by atoms with Crippen molar-refractivity contribution >= 4 is 38.5 Å². The fourth-order valence-electron chi connectivity index (χ4n) is 7.65. The first-order chi connectivity index (χ1) is 19.7. The minimum Gasteiger partial charge on any atom is -0.490 e. The van der Waals surface area contributed by atoms with Gasteiger partial charge in [0.2, 0.25) is 10.0 Å². The van der Waals surface area contributed by atoms with Crippen molar-refractivity contribution in [1.82, 2.24) is 14.5 Å². The molecule has 216 valence electrons. The van der Waals surface area contributed by atoms with Crippen LogP contribution in [0.2, 0.25) is 0 Å². The van der Waals surface area contributed by atoms with Crippen LogP contribution in [0.5, 0.6) is 5.75 Å². The number of rotatable bonds is 6. The summed E-state index contributed by atoms with van der Waals surface area (Å²) < 4.78 is 34.2. The van der Waals surface area contributed by atoms with E-state index < -0.39 is 10.0 Å². The van der Waals surface area contributed by atoms with Crippen LogP contribution < -0.4 is 19.7 Å². The van der Waals surface area contributed by atoms with Gasteiger partial charge in [-0.05, 0) is 73.9 Å². The Bertz CT molecular complexity index is 1700. The highest BCUT2D eigenvalue weighted by atomic mass is 32.2. The summed E-state index contributed by atoms with van der Waals surface area (Å²) in [6.45, 7) is 2.19. The van der Waals surface area contributed by atoms with Crippen LogP contribution in [0.15, 0.2) is 30.3 Å². The summed E-state index contributed by atoms with van der Waals surface area (Å²) in [5.74, 6) is 1.89. The lowest BCUT2D eigenvalue weighted by Gasteiger charge is -2.33. The van der Waals surface area contributed by atoms with Gasteiger partial charge in [-0.25, -0.2) is 13.4 Å². The number of pyridine rings is 1. The third-order valence-corrected chi connectivity index (χ3v) is 11.1. The van der Waals surface area contributed by atoms with Crippen molar-refractivity contribution in [2.45, 2.75) is 69.2 Å². The third kappa shape index (κ3) is 3.95. The van der Waals surface area contributed by atoms with Gasteiger partial charge in [-0.2, -0.15) is 0 Å². The zero-order valence-electron chi connectivity index (χ0n) is 23.5. The average molecular weight is 577 g/mol. The molecule has 41 heavy (non-hydrogen) atoms. The number of fused-ring (bicyclic) bond motifs is 3. The van der Waals surface area contributed by atoms with Gasteiger partial charge in [0.15, 0.2) is 0 Å². The van der Waals surface area contributed by atoms with E-state index in [9.17, 15) is 13.2 Å². The first-order valence-corrected chi connectivity index (χ1v) is 16.6.